The molecular formula is C12H15N5O2. The number of fused-ring (bicyclic) bond motifs is 1. The van der Waals surface area contributed by atoms with E-state index in [1.165, 1.54) is 0 Å². The van der Waals surface area contributed by atoms with E-state index in [-0.39, 0.29) is 13.0 Å². The normalized spacial score (nSPS) is 20.4. The van der Waals surface area contributed by atoms with Crippen LogP contribution in [0, 0.1) is 0 Å². The summed E-state index contributed by atoms with van der Waals surface area (Å²) in [6.45, 7) is 2.14. The highest BCUT2D eigenvalue weighted by Gasteiger charge is 2.19. The van der Waals surface area contributed by atoms with Gasteiger partial charge >= 0.3 is 0 Å². The lowest BCUT2D eigenvalue weighted by Gasteiger charge is -2.25. The maximum absolute atomic E-state index is 5.71. The summed E-state index contributed by atoms with van der Waals surface area (Å²) in [5.41, 5.74) is 6.64. The SMILES string of the molecule is CC1N=C(N)NC(N(C)c2ccc3c(c2)OCO3)=N1. The van der Waals surface area contributed by atoms with Crippen molar-refractivity contribution < 1.29 is 9.47 Å². The molecule has 0 bridgehead atoms. The van der Waals surface area contributed by atoms with Crippen LogP contribution >= 0.6 is 0 Å². The van der Waals surface area contributed by atoms with Gasteiger partial charge in [-0.3, -0.25) is 5.32 Å². The van der Waals surface area contributed by atoms with Gasteiger partial charge in [0.2, 0.25) is 12.8 Å². The fourth-order valence-corrected chi connectivity index (χ4v) is 1.97. The molecule has 1 aromatic carbocycles. The molecule has 0 saturated carbocycles. The second-order valence-corrected chi connectivity index (χ2v) is 4.32. The minimum atomic E-state index is -0.187. The summed E-state index contributed by atoms with van der Waals surface area (Å²) < 4.78 is 10.6. The highest BCUT2D eigenvalue weighted by molar-refractivity contribution is 6.07. The molecule has 7 nitrogen and oxygen atoms in total. The van der Waals surface area contributed by atoms with Crippen LogP contribution in [0.25, 0.3) is 0 Å². The third-order valence-electron chi connectivity index (χ3n) is 2.94. The number of nitrogens with one attached hydrogen (secondary N) is 1. The molecule has 0 amide bonds. The number of rotatable bonds is 1. The lowest BCUT2D eigenvalue weighted by atomic mass is 10.2. The van der Waals surface area contributed by atoms with Gasteiger partial charge in [-0.2, -0.15) is 0 Å². The molecule has 2 heterocycles. The topological polar surface area (TPSA) is 84.5 Å². The average Bonchev–Trinajstić information content (AvgIpc) is 2.83. The molecule has 0 radical (unpaired) electrons. The second-order valence-electron chi connectivity index (χ2n) is 4.32. The van der Waals surface area contributed by atoms with Crippen LogP contribution in [0.15, 0.2) is 28.2 Å². The van der Waals surface area contributed by atoms with Crippen LogP contribution in [0.2, 0.25) is 0 Å². The average molecular weight is 261 g/mol. The van der Waals surface area contributed by atoms with Crippen LogP contribution in [0.4, 0.5) is 5.69 Å². The molecule has 19 heavy (non-hydrogen) atoms. The number of benzene rings is 1. The van der Waals surface area contributed by atoms with Crippen molar-refractivity contribution in [2.45, 2.75) is 13.1 Å². The van der Waals surface area contributed by atoms with Gasteiger partial charge in [0.1, 0.15) is 6.17 Å². The Labute approximate surface area is 110 Å². The molecule has 3 N–H and O–H groups in total. The van der Waals surface area contributed by atoms with Crippen LogP contribution < -0.4 is 25.4 Å². The predicted molar refractivity (Wildman–Crippen MR) is 72.6 cm³/mol. The third kappa shape index (κ3) is 2.14. The Morgan fingerprint density at radius 2 is 2.11 bits per heavy atom. The van der Waals surface area contributed by atoms with Crippen LogP contribution in [-0.2, 0) is 0 Å². The zero-order chi connectivity index (χ0) is 13.4. The number of hydrogen-bond donors (Lipinski definition) is 2. The number of anilines is 1. The van der Waals surface area contributed by atoms with Crippen LogP contribution in [-0.4, -0.2) is 31.9 Å². The summed E-state index contributed by atoms with van der Waals surface area (Å²) in [5.74, 6) is 2.50. The molecule has 2 aliphatic heterocycles. The second kappa shape index (κ2) is 4.34. The molecule has 1 atom stereocenters. The Hall–Kier alpha value is -2.44. The molecule has 100 valence electrons. The van der Waals surface area contributed by atoms with Crippen molar-refractivity contribution in [1.29, 1.82) is 0 Å². The highest BCUT2D eigenvalue weighted by Crippen LogP contribution is 2.35. The number of nitrogens with zero attached hydrogens (tertiary/aromatic N) is 3. The van der Waals surface area contributed by atoms with E-state index < -0.39 is 0 Å². The van der Waals surface area contributed by atoms with E-state index >= 15 is 0 Å². The molecule has 0 aromatic heterocycles. The third-order valence-corrected chi connectivity index (χ3v) is 2.94. The first kappa shape index (κ1) is 11.6. The standard InChI is InChI=1S/C12H15N5O2/c1-7-14-11(13)16-12(15-7)17(2)8-3-4-9-10(5-8)19-6-18-9/h3-5,7H,6H2,1-2H3,(H3,13,14,15,16). The first-order valence-electron chi connectivity index (χ1n) is 5.95. The summed E-state index contributed by atoms with van der Waals surface area (Å²) in [5, 5.41) is 2.94. The van der Waals surface area contributed by atoms with E-state index in [0.29, 0.717) is 11.9 Å². The molecule has 0 fully saturated rings. The predicted octanol–water partition coefficient (Wildman–Crippen LogP) is 0.471. The molecule has 7 heteroatoms. The molecule has 0 spiro atoms. The van der Waals surface area contributed by atoms with Gasteiger partial charge in [-0.1, -0.05) is 0 Å². The van der Waals surface area contributed by atoms with Crippen molar-refractivity contribution >= 4 is 17.6 Å². The number of nitrogens with two attached hydrogens (primary N) is 1. The Morgan fingerprint density at radius 1 is 1.32 bits per heavy atom. The number of ether oxygens (including phenoxy) is 2. The Balaban J connectivity index is 1.86. The molecule has 1 aromatic rings. The van der Waals surface area contributed by atoms with Crippen molar-refractivity contribution in [3.05, 3.63) is 18.2 Å². The Morgan fingerprint density at radius 3 is 2.89 bits per heavy atom. The van der Waals surface area contributed by atoms with Gasteiger partial charge in [0.15, 0.2) is 17.5 Å². The first-order chi connectivity index (χ1) is 9.13. The van der Waals surface area contributed by atoms with Gasteiger partial charge in [0.25, 0.3) is 0 Å². The summed E-state index contributed by atoms with van der Waals surface area (Å²) in [4.78, 5) is 10.4. The highest BCUT2D eigenvalue weighted by atomic mass is 16.7. The molecule has 1 unspecified atom stereocenters. The number of guanidine groups is 2. The van der Waals surface area contributed by atoms with E-state index in [1.807, 2.05) is 37.1 Å². The zero-order valence-electron chi connectivity index (χ0n) is 10.8. The van der Waals surface area contributed by atoms with E-state index in [9.17, 15) is 0 Å². The minimum absolute atomic E-state index is 0.187. The number of hydrogen-bond acceptors (Lipinski definition) is 7. The molecule has 2 aliphatic rings. The summed E-state index contributed by atoms with van der Waals surface area (Å²) in [7, 11) is 1.90. The minimum Gasteiger partial charge on any atom is -0.454 e. The van der Waals surface area contributed by atoms with Crippen molar-refractivity contribution in [2.75, 3.05) is 18.7 Å². The van der Waals surface area contributed by atoms with Gasteiger partial charge in [-0.25, -0.2) is 9.98 Å². The van der Waals surface area contributed by atoms with Gasteiger partial charge in [-0.05, 0) is 19.1 Å². The lowest BCUT2D eigenvalue weighted by Crippen LogP contribution is -2.48. The van der Waals surface area contributed by atoms with Gasteiger partial charge in [0.05, 0.1) is 0 Å². The monoisotopic (exact) mass is 261 g/mol. The van der Waals surface area contributed by atoms with Crippen LogP contribution in [0.1, 0.15) is 6.92 Å². The van der Waals surface area contributed by atoms with E-state index in [4.69, 9.17) is 15.2 Å². The van der Waals surface area contributed by atoms with Crippen LogP contribution in [0.3, 0.4) is 0 Å². The Bertz CT molecular complexity index is 569. The summed E-state index contributed by atoms with van der Waals surface area (Å²) >= 11 is 0. The van der Waals surface area contributed by atoms with E-state index in [0.717, 1.165) is 17.2 Å². The zero-order valence-corrected chi connectivity index (χ0v) is 10.8. The smallest absolute Gasteiger partial charge is 0.231 e. The fraction of sp³-hybridized carbons (Fsp3) is 0.333. The van der Waals surface area contributed by atoms with Gasteiger partial charge in [-0.15, -0.1) is 0 Å². The van der Waals surface area contributed by atoms with Crippen molar-refractivity contribution in [1.82, 2.24) is 5.32 Å². The fourth-order valence-electron chi connectivity index (χ4n) is 1.97. The summed E-state index contributed by atoms with van der Waals surface area (Å²) in [6, 6.07) is 5.71. The maximum Gasteiger partial charge on any atom is 0.231 e. The van der Waals surface area contributed by atoms with Crippen LogP contribution in [0.5, 0.6) is 11.5 Å². The van der Waals surface area contributed by atoms with Gasteiger partial charge < -0.3 is 20.1 Å². The van der Waals surface area contributed by atoms with Gasteiger partial charge in [0, 0.05) is 18.8 Å². The Kier molecular flexibility index (Phi) is 2.66. The lowest BCUT2D eigenvalue weighted by molar-refractivity contribution is 0.174. The molecular weight excluding hydrogens is 246 g/mol. The molecule has 3 rings (SSSR count). The largest absolute Gasteiger partial charge is 0.454 e. The van der Waals surface area contributed by atoms with E-state index in [1.54, 1.807) is 0 Å². The first-order valence-corrected chi connectivity index (χ1v) is 5.95. The van der Waals surface area contributed by atoms with Crippen molar-refractivity contribution in [2.24, 2.45) is 15.7 Å². The quantitative estimate of drug-likeness (QED) is 0.767. The number of aliphatic imine (C=N–C) groups is 2. The summed E-state index contributed by atoms with van der Waals surface area (Å²) in [6.07, 6.45) is -0.187. The molecule has 0 saturated heterocycles. The van der Waals surface area contributed by atoms with Crippen molar-refractivity contribution in [3.63, 3.8) is 0 Å². The van der Waals surface area contributed by atoms with E-state index in [2.05, 4.69) is 15.3 Å². The maximum atomic E-state index is 5.71. The van der Waals surface area contributed by atoms with Crippen molar-refractivity contribution in [3.8, 4) is 11.5 Å². The molecule has 0 aliphatic carbocycles.